The molecule has 3 aromatic rings. The maximum Gasteiger partial charge on any atom is 0.342 e. The molecule has 35 heavy (non-hydrogen) atoms. The number of ether oxygens (including phenoxy) is 2. The number of amides is 1. The van der Waals surface area contributed by atoms with E-state index in [1.165, 1.54) is 35.7 Å². The Balaban J connectivity index is 1.46. The van der Waals surface area contributed by atoms with Gasteiger partial charge in [-0.1, -0.05) is 36.8 Å². The van der Waals surface area contributed by atoms with Crippen molar-refractivity contribution in [1.82, 2.24) is 4.31 Å². The molecule has 0 aromatic heterocycles. The number of anilines is 1. The summed E-state index contributed by atoms with van der Waals surface area (Å²) in [6, 6.07) is 14.3. The van der Waals surface area contributed by atoms with E-state index in [1.54, 1.807) is 24.3 Å². The number of methoxy groups -OCH3 is 1. The maximum absolute atomic E-state index is 13.0. The van der Waals surface area contributed by atoms with Crippen LogP contribution in [0.25, 0.3) is 10.8 Å². The van der Waals surface area contributed by atoms with Crippen LogP contribution in [-0.2, 0) is 19.6 Å². The Morgan fingerprint density at radius 2 is 1.77 bits per heavy atom. The highest BCUT2D eigenvalue weighted by molar-refractivity contribution is 7.89. The van der Waals surface area contributed by atoms with Crippen molar-refractivity contribution >= 4 is 38.4 Å². The van der Waals surface area contributed by atoms with E-state index >= 15 is 0 Å². The summed E-state index contributed by atoms with van der Waals surface area (Å²) < 4.78 is 37.8. The van der Waals surface area contributed by atoms with Crippen LogP contribution in [0.2, 0.25) is 0 Å². The number of piperidine rings is 1. The minimum Gasteiger partial charge on any atom is -0.506 e. The zero-order chi connectivity index (χ0) is 25.0. The van der Waals surface area contributed by atoms with Crippen molar-refractivity contribution in [3.63, 3.8) is 0 Å². The van der Waals surface area contributed by atoms with Gasteiger partial charge in [-0.05, 0) is 42.5 Å². The fourth-order valence-electron chi connectivity index (χ4n) is 4.01. The number of phenolic OH excluding ortho intramolecular Hbond substituents is 1. The number of fused-ring (bicyclic) bond motifs is 1. The van der Waals surface area contributed by atoms with Gasteiger partial charge in [0, 0.05) is 18.5 Å². The predicted octanol–water partition coefficient (Wildman–Crippen LogP) is 3.52. The average molecular weight is 499 g/mol. The zero-order valence-electron chi connectivity index (χ0n) is 19.2. The van der Waals surface area contributed by atoms with E-state index in [1.807, 2.05) is 6.07 Å². The summed E-state index contributed by atoms with van der Waals surface area (Å²) in [6.45, 7) is 0.263. The molecule has 0 saturated carbocycles. The number of carbonyl (C=O) groups is 2. The molecule has 1 aliphatic heterocycles. The second-order valence-electron chi connectivity index (χ2n) is 8.13. The molecular formula is C25H26N2O7S. The van der Waals surface area contributed by atoms with Crippen molar-refractivity contribution in [3.8, 4) is 11.5 Å². The van der Waals surface area contributed by atoms with Crippen molar-refractivity contribution in [1.29, 1.82) is 0 Å². The van der Waals surface area contributed by atoms with Crippen LogP contribution in [0.15, 0.2) is 59.5 Å². The van der Waals surface area contributed by atoms with Gasteiger partial charge >= 0.3 is 5.97 Å². The summed E-state index contributed by atoms with van der Waals surface area (Å²) in [4.78, 5) is 25.0. The first-order chi connectivity index (χ1) is 16.8. The number of nitrogens with zero attached hydrogens (tertiary/aromatic N) is 1. The Morgan fingerprint density at radius 1 is 1.03 bits per heavy atom. The Hall–Kier alpha value is -3.63. The van der Waals surface area contributed by atoms with Gasteiger partial charge in [-0.2, -0.15) is 4.31 Å². The summed E-state index contributed by atoms with van der Waals surface area (Å²) in [5.74, 6) is -1.53. The smallest absolute Gasteiger partial charge is 0.342 e. The number of nitrogens with one attached hydrogen (secondary N) is 1. The molecule has 3 aromatic carbocycles. The summed E-state index contributed by atoms with van der Waals surface area (Å²) in [5.41, 5.74) is 0.0730. The van der Waals surface area contributed by atoms with Crippen LogP contribution >= 0.6 is 0 Å². The SMILES string of the molecule is COc1ccc(S(=O)(=O)N2CCCCC2)cc1NC(=O)COC(=O)c1ccc2ccccc2c1O. The molecular weight excluding hydrogens is 472 g/mol. The Kier molecular flexibility index (Phi) is 7.23. The lowest BCUT2D eigenvalue weighted by atomic mass is 10.1. The first-order valence-electron chi connectivity index (χ1n) is 11.2. The number of benzene rings is 3. The molecule has 0 aliphatic carbocycles. The summed E-state index contributed by atoms with van der Waals surface area (Å²) in [7, 11) is -2.32. The molecule has 0 spiro atoms. The predicted molar refractivity (Wildman–Crippen MR) is 130 cm³/mol. The van der Waals surface area contributed by atoms with Crippen molar-refractivity contribution < 1.29 is 32.6 Å². The minimum atomic E-state index is -3.72. The van der Waals surface area contributed by atoms with Gasteiger partial charge in [0.25, 0.3) is 5.91 Å². The van der Waals surface area contributed by atoms with E-state index in [-0.39, 0.29) is 27.6 Å². The van der Waals surface area contributed by atoms with Crippen molar-refractivity contribution in [2.45, 2.75) is 24.2 Å². The summed E-state index contributed by atoms with van der Waals surface area (Å²) in [5, 5.41) is 14.2. The van der Waals surface area contributed by atoms with Gasteiger partial charge in [0.2, 0.25) is 10.0 Å². The van der Waals surface area contributed by atoms with Gasteiger partial charge in [-0.15, -0.1) is 0 Å². The van der Waals surface area contributed by atoms with Gasteiger partial charge in [0.05, 0.1) is 17.7 Å². The number of rotatable bonds is 7. The standard InChI is InChI=1S/C25H26N2O7S/c1-33-22-12-10-18(35(31,32)27-13-5-2-6-14-27)15-21(22)26-23(28)16-34-25(30)20-11-9-17-7-3-4-8-19(17)24(20)29/h3-4,7-12,15,29H,2,5-6,13-14,16H2,1H3,(H,26,28). The van der Waals surface area contributed by atoms with Crippen LogP contribution in [0.5, 0.6) is 11.5 Å². The third-order valence-corrected chi connectivity index (χ3v) is 7.75. The fraction of sp³-hybridized carbons (Fsp3) is 0.280. The number of sulfonamides is 1. The molecule has 0 radical (unpaired) electrons. The summed E-state index contributed by atoms with van der Waals surface area (Å²) in [6.07, 6.45) is 2.60. The molecule has 10 heteroatoms. The third kappa shape index (κ3) is 5.23. The van der Waals surface area contributed by atoms with E-state index in [0.717, 1.165) is 24.6 Å². The molecule has 1 fully saturated rings. The number of hydrogen-bond donors (Lipinski definition) is 2. The van der Waals surface area contributed by atoms with E-state index in [4.69, 9.17) is 9.47 Å². The van der Waals surface area contributed by atoms with Crippen LogP contribution in [0, 0.1) is 0 Å². The number of aromatic hydroxyl groups is 1. The fourth-order valence-corrected chi connectivity index (χ4v) is 5.56. The lowest BCUT2D eigenvalue weighted by Gasteiger charge is -2.26. The van der Waals surface area contributed by atoms with Gasteiger partial charge in [0.15, 0.2) is 6.61 Å². The van der Waals surface area contributed by atoms with Crippen LogP contribution in [0.4, 0.5) is 5.69 Å². The molecule has 4 rings (SSSR count). The zero-order valence-corrected chi connectivity index (χ0v) is 20.0. The maximum atomic E-state index is 13.0. The minimum absolute atomic E-state index is 0.0357. The van der Waals surface area contributed by atoms with Crippen molar-refractivity contribution in [3.05, 3.63) is 60.2 Å². The Morgan fingerprint density at radius 3 is 2.51 bits per heavy atom. The van der Waals surface area contributed by atoms with E-state index in [2.05, 4.69) is 5.32 Å². The molecule has 1 heterocycles. The van der Waals surface area contributed by atoms with E-state index < -0.39 is 28.5 Å². The van der Waals surface area contributed by atoms with E-state index in [9.17, 15) is 23.1 Å². The van der Waals surface area contributed by atoms with Gasteiger partial charge in [-0.25, -0.2) is 13.2 Å². The first kappa shape index (κ1) is 24.5. The molecule has 0 atom stereocenters. The topological polar surface area (TPSA) is 122 Å². The van der Waals surface area contributed by atoms with Gasteiger partial charge < -0.3 is 19.9 Å². The van der Waals surface area contributed by atoms with E-state index in [0.29, 0.717) is 18.5 Å². The third-order valence-electron chi connectivity index (χ3n) is 5.85. The second-order valence-corrected chi connectivity index (χ2v) is 10.1. The van der Waals surface area contributed by atoms with Crippen LogP contribution in [0.3, 0.4) is 0 Å². The highest BCUT2D eigenvalue weighted by Gasteiger charge is 2.27. The summed E-state index contributed by atoms with van der Waals surface area (Å²) >= 11 is 0. The number of carbonyl (C=O) groups excluding carboxylic acids is 2. The number of phenols is 1. The largest absolute Gasteiger partial charge is 0.506 e. The Labute approximate surface area is 203 Å². The molecule has 0 unspecified atom stereocenters. The Bertz CT molecular complexity index is 1370. The van der Waals surface area contributed by atoms with Crippen molar-refractivity contribution in [2.75, 3.05) is 32.1 Å². The molecule has 9 nitrogen and oxygen atoms in total. The van der Waals surface area contributed by atoms with Gasteiger partial charge in [0.1, 0.15) is 17.1 Å². The van der Waals surface area contributed by atoms with Crippen LogP contribution < -0.4 is 10.1 Å². The normalized spacial score (nSPS) is 14.4. The monoisotopic (exact) mass is 498 g/mol. The molecule has 1 saturated heterocycles. The highest BCUT2D eigenvalue weighted by Crippen LogP contribution is 2.31. The first-order valence-corrected chi connectivity index (χ1v) is 12.6. The molecule has 2 N–H and O–H groups in total. The second kappa shape index (κ2) is 10.3. The lowest BCUT2D eigenvalue weighted by molar-refractivity contribution is -0.119. The number of esters is 1. The highest BCUT2D eigenvalue weighted by atomic mass is 32.2. The lowest BCUT2D eigenvalue weighted by Crippen LogP contribution is -2.35. The average Bonchev–Trinajstić information content (AvgIpc) is 2.88. The van der Waals surface area contributed by atoms with Crippen LogP contribution in [0.1, 0.15) is 29.6 Å². The molecule has 0 bridgehead atoms. The molecule has 1 amide bonds. The molecule has 184 valence electrons. The van der Waals surface area contributed by atoms with Crippen LogP contribution in [-0.4, -0.2) is 56.5 Å². The quantitative estimate of drug-likeness (QED) is 0.478. The van der Waals surface area contributed by atoms with Gasteiger partial charge in [-0.3, -0.25) is 4.79 Å². The molecule has 1 aliphatic rings. The number of hydrogen-bond acceptors (Lipinski definition) is 7. The van der Waals surface area contributed by atoms with Crippen molar-refractivity contribution in [2.24, 2.45) is 0 Å².